The van der Waals surface area contributed by atoms with E-state index in [1.165, 1.54) is 18.9 Å². The molecular weight excluding hydrogens is 261 g/mol. The van der Waals surface area contributed by atoms with Crippen molar-refractivity contribution in [2.75, 3.05) is 0 Å². The van der Waals surface area contributed by atoms with E-state index >= 15 is 0 Å². The molecule has 102 valence electrons. The van der Waals surface area contributed by atoms with Crippen LogP contribution in [0.4, 0.5) is 4.39 Å². The molecule has 4 unspecified atom stereocenters. The second kappa shape index (κ2) is 5.26. The van der Waals surface area contributed by atoms with Crippen LogP contribution in [-0.4, -0.2) is 6.04 Å². The van der Waals surface area contributed by atoms with Gasteiger partial charge >= 0.3 is 0 Å². The molecule has 0 radical (unpaired) electrons. The Morgan fingerprint density at radius 2 is 2.21 bits per heavy atom. The molecule has 0 aromatic heterocycles. The minimum absolute atomic E-state index is 0.204. The standard InChI is InChI=1S/C16H19ClFN/c1-10(14-7-11-2-4-13(14)6-11)19-9-12-3-5-16(18)15(17)8-12/h2-5,8,10-11,13-14,19H,6-7,9H2,1H3. The van der Waals surface area contributed by atoms with Gasteiger partial charge in [0, 0.05) is 12.6 Å². The number of rotatable bonds is 4. The van der Waals surface area contributed by atoms with Crippen LogP contribution in [0.1, 0.15) is 25.3 Å². The molecule has 2 bridgehead atoms. The van der Waals surface area contributed by atoms with Gasteiger partial charge in [0.1, 0.15) is 5.82 Å². The summed E-state index contributed by atoms with van der Waals surface area (Å²) >= 11 is 5.80. The molecule has 1 aromatic rings. The number of fused-ring (bicyclic) bond motifs is 2. The third-order valence-corrected chi connectivity index (χ3v) is 4.87. The molecule has 0 amide bonds. The van der Waals surface area contributed by atoms with Crippen LogP contribution in [0, 0.1) is 23.6 Å². The lowest BCUT2D eigenvalue weighted by atomic mass is 9.87. The number of halogens is 2. The lowest BCUT2D eigenvalue weighted by Crippen LogP contribution is -2.35. The molecule has 0 saturated heterocycles. The van der Waals surface area contributed by atoms with E-state index in [2.05, 4.69) is 24.4 Å². The van der Waals surface area contributed by atoms with Crippen LogP contribution in [0.5, 0.6) is 0 Å². The van der Waals surface area contributed by atoms with Crippen molar-refractivity contribution >= 4 is 11.6 Å². The molecule has 2 aliphatic carbocycles. The zero-order valence-electron chi connectivity index (χ0n) is 11.1. The van der Waals surface area contributed by atoms with Gasteiger partial charge in [-0.15, -0.1) is 0 Å². The topological polar surface area (TPSA) is 12.0 Å². The van der Waals surface area contributed by atoms with E-state index in [1.54, 1.807) is 12.1 Å². The molecule has 1 nitrogen and oxygen atoms in total. The van der Waals surface area contributed by atoms with Crippen LogP contribution in [0.3, 0.4) is 0 Å². The summed E-state index contributed by atoms with van der Waals surface area (Å²) in [6.45, 7) is 3.00. The monoisotopic (exact) mass is 279 g/mol. The molecule has 2 aliphatic rings. The summed E-state index contributed by atoms with van der Waals surface area (Å²) in [5.74, 6) is 1.95. The lowest BCUT2D eigenvalue weighted by molar-refractivity contribution is 0.326. The molecule has 0 aliphatic heterocycles. The van der Waals surface area contributed by atoms with Crippen LogP contribution in [0.2, 0.25) is 5.02 Å². The van der Waals surface area contributed by atoms with Crippen molar-refractivity contribution in [2.24, 2.45) is 17.8 Å². The summed E-state index contributed by atoms with van der Waals surface area (Å²) in [5, 5.41) is 3.76. The molecule has 1 N–H and O–H groups in total. The highest BCUT2D eigenvalue weighted by atomic mass is 35.5. The zero-order chi connectivity index (χ0) is 13.4. The Morgan fingerprint density at radius 3 is 2.84 bits per heavy atom. The third-order valence-electron chi connectivity index (χ3n) is 4.58. The minimum atomic E-state index is -0.350. The average Bonchev–Trinajstić information content (AvgIpc) is 3.02. The molecule has 3 heteroatoms. The summed E-state index contributed by atoms with van der Waals surface area (Å²) in [5.41, 5.74) is 1.04. The maximum absolute atomic E-state index is 13.1. The Hall–Kier alpha value is -0.860. The van der Waals surface area contributed by atoms with Crippen LogP contribution in [0.25, 0.3) is 0 Å². The average molecular weight is 280 g/mol. The fourth-order valence-electron chi connectivity index (χ4n) is 3.48. The van der Waals surface area contributed by atoms with Gasteiger partial charge in [-0.3, -0.25) is 0 Å². The van der Waals surface area contributed by atoms with Gasteiger partial charge in [0.05, 0.1) is 5.02 Å². The van der Waals surface area contributed by atoms with Gasteiger partial charge in [0.2, 0.25) is 0 Å². The summed E-state index contributed by atoms with van der Waals surface area (Å²) in [7, 11) is 0. The summed E-state index contributed by atoms with van der Waals surface area (Å²) in [6.07, 6.45) is 7.39. The van der Waals surface area contributed by atoms with Crippen molar-refractivity contribution in [3.05, 3.63) is 46.8 Å². The molecule has 0 heterocycles. The molecule has 4 atom stereocenters. The lowest BCUT2D eigenvalue weighted by Gasteiger charge is -2.26. The highest BCUT2D eigenvalue weighted by Gasteiger charge is 2.38. The Balaban J connectivity index is 1.57. The fourth-order valence-corrected chi connectivity index (χ4v) is 3.68. The summed E-state index contributed by atoms with van der Waals surface area (Å²) < 4.78 is 13.1. The predicted octanol–water partition coefficient (Wildman–Crippen LogP) is 4.17. The first-order chi connectivity index (χ1) is 9.13. The van der Waals surface area contributed by atoms with E-state index < -0.39 is 0 Å². The second-order valence-electron chi connectivity index (χ2n) is 5.86. The molecule has 1 fully saturated rings. The van der Waals surface area contributed by atoms with Gasteiger partial charge in [-0.25, -0.2) is 4.39 Å². The number of hydrogen-bond donors (Lipinski definition) is 1. The number of nitrogens with one attached hydrogen (secondary N) is 1. The molecule has 1 aromatic carbocycles. The van der Waals surface area contributed by atoms with Gasteiger partial charge < -0.3 is 5.32 Å². The van der Waals surface area contributed by atoms with Gasteiger partial charge in [-0.2, -0.15) is 0 Å². The summed E-state index contributed by atoms with van der Waals surface area (Å²) in [4.78, 5) is 0. The zero-order valence-corrected chi connectivity index (χ0v) is 11.8. The molecule has 19 heavy (non-hydrogen) atoms. The van der Waals surface area contributed by atoms with Gasteiger partial charge in [-0.05, 0) is 55.2 Å². The molecular formula is C16H19ClFN. The van der Waals surface area contributed by atoms with Crippen LogP contribution < -0.4 is 5.32 Å². The van der Waals surface area contributed by atoms with Crippen molar-refractivity contribution in [3.8, 4) is 0 Å². The van der Waals surface area contributed by atoms with Crippen molar-refractivity contribution in [3.63, 3.8) is 0 Å². The fraction of sp³-hybridized carbons (Fsp3) is 0.500. The number of benzene rings is 1. The quantitative estimate of drug-likeness (QED) is 0.816. The van der Waals surface area contributed by atoms with Crippen LogP contribution >= 0.6 is 11.6 Å². The van der Waals surface area contributed by atoms with E-state index in [0.29, 0.717) is 6.04 Å². The Kier molecular flexibility index (Phi) is 3.64. The second-order valence-corrected chi connectivity index (χ2v) is 6.27. The first kappa shape index (κ1) is 13.1. The molecule has 3 rings (SSSR count). The SMILES string of the molecule is CC(NCc1ccc(F)c(Cl)c1)C1CC2C=CC1C2. The molecule has 0 spiro atoms. The maximum atomic E-state index is 13.1. The first-order valence-electron chi connectivity index (χ1n) is 6.99. The Morgan fingerprint density at radius 1 is 1.37 bits per heavy atom. The highest BCUT2D eigenvalue weighted by Crippen LogP contribution is 2.44. The van der Waals surface area contributed by atoms with Crippen LogP contribution in [0.15, 0.2) is 30.4 Å². The maximum Gasteiger partial charge on any atom is 0.141 e. The van der Waals surface area contributed by atoms with E-state index in [9.17, 15) is 4.39 Å². The molecule has 1 saturated carbocycles. The van der Waals surface area contributed by atoms with Gasteiger partial charge in [-0.1, -0.05) is 29.8 Å². The largest absolute Gasteiger partial charge is 0.310 e. The highest BCUT2D eigenvalue weighted by molar-refractivity contribution is 6.30. The van der Waals surface area contributed by atoms with Gasteiger partial charge in [0.15, 0.2) is 0 Å². The Labute approximate surface area is 118 Å². The van der Waals surface area contributed by atoms with E-state index in [0.717, 1.165) is 29.9 Å². The van der Waals surface area contributed by atoms with Crippen LogP contribution in [-0.2, 0) is 6.54 Å². The first-order valence-corrected chi connectivity index (χ1v) is 7.37. The minimum Gasteiger partial charge on any atom is -0.310 e. The third kappa shape index (κ3) is 2.70. The van der Waals surface area contributed by atoms with Crippen molar-refractivity contribution in [2.45, 2.75) is 32.4 Å². The van der Waals surface area contributed by atoms with Crippen molar-refractivity contribution < 1.29 is 4.39 Å². The Bertz CT molecular complexity index is 500. The van der Waals surface area contributed by atoms with E-state index in [1.807, 2.05) is 0 Å². The van der Waals surface area contributed by atoms with Gasteiger partial charge in [0.25, 0.3) is 0 Å². The van der Waals surface area contributed by atoms with E-state index in [4.69, 9.17) is 11.6 Å². The normalized spacial score (nSPS) is 29.9. The predicted molar refractivity (Wildman–Crippen MR) is 76.6 cm³/mol. The van der Waals surface area contributed by atoms with E-state index in [-0.39, 0.29) is 10.8 Å². The smallest absolute Gasteiger partial charge is 0.141 e. The van der Waals surface area contributed by atoms with Crippen molar-refractivity contribution in [1.82, 2.24) is 5.32 Å². The van der Waals surface area contributed by atoms with Crippen molar-refractivity contribution in [1.29, 1.82) is 0 Å². The summed E-state index contributed by atoms with van der Waals surface area (Å²) in [6, 6.07) is 5.42. The number of allylic oxidation sites excluding steroid dienone is 2. The number of hydrogen-bond acceptors (Lipinski definition) is 1.